The van der Waals surface area contributed by atoms with E-state index in [1.807, 2.05) is 6.92 Å². The summed E-state index contributed by atoms with van der Waals surface area (Å²) in [6, 6.07) is 3.39. The predicted octanol–water partition coefficient (Wildman–Crippen LogP) is 1.98. The van der Waals surface area contributed by atoms with Gasteiger partial charge in [-0.3, -0.25) is 0 Å². The predicted molar refractivity (Wildman–Crippen MR) is 64.0 cm³/mol. The van der Waals surface area contributed by atoms with E-state index in [2.05, 4.69) is 15.9 Å². The highest BCUT2D eigenvalue weighted by atomic mass is 79.9. The van der Waals surface area contributed by atoms with Gasteiger partial charge in [-0.15, -0.1) is 0 Å². The maximum absolute atomic E-state index is 11.9. The van der Waals surface area contributed by atoms with E-state index in [0.717, 1.165) is 5.56 Å². The molecule has 1 heterocycles. The minimum atomic E-state index is -3.29. The van der Waals surface area contributed by atoms with Crippen molar-refractivity contribution >= 4 is 26.0 Å². The molecule has 0 radical (unpaired) electrons. The van der Waals surface area contributed by atoms with E-state index < -0.39 is 10.0 Å². The number of hydrogen-bond acceptors (Lipinski definition) is 3. The van der Waals surface area contributed by atoms with Gasteiger partial charge in [-0.2, -0.15) is 4.31 Å². The van der Waals surface area contributed by atoms with Gasteiger partial charge < -0.3 is 4.74 Å². The van der Waals surface area contributed by atoms with Crippen molar-refractivity contribution in [2.45, 2.75) is 18.4 Å². The Morgan fingerprint density at radius 3 is 2.81 bits per heavy atom. The molecule has 0 saturated heterocycles. The Morgan fingerprint density at radius 1 is 1.50 bits per heavy atom. The summed E-state index contributed by atoms with van der Waals surface area (Å²) >= 11 is 3.31. The van der Waals surface area contributed by atoms with Crippen LogP contribution < -0.4 is 4.74 Å². The highest BCUT2D eigenvalue weighted by Crippen LogP contribution is 2.36. The second-order valence-electron chi connectivity index (χ2n) is 3.58. The molecule has 1 aliphatic heterocycles. The fourth-order valence-electron chi connectivity index (χ4n) is 1.70. The van der Waals surface area contributed by atoms with Crippen LogP contribution in [0.3, 0.4) is 0 Å². The molecule has 0 bridgehead atoms. The van der Waals surface area contributed by atoms with Crippen LogP contribution in [0.2, 0.25) is 0 Å². The first kappa shape index (κ1) is 11.9. The second kappa shape index (κ2) is 4.01. The summed E-state index contributed by atoms with van der Waals surface area (Å²) in [5.41, 5.74) is 0.786. The third-order valence-electron chi connectivity index (χ3n) is 2.50. The van der Waals surface area contributed by atoms with Crippen LogP contribution >= 0.6 is 15.9 Å². The molecule has 0 aromatic heterocycles. The molecule has 0 spiro atoms. The molecule has 1 aromatic rings. The fourth-order valence-corrected chi connectivity index (χ4v) is 3.68. The lowest BCUT2D eigenvalue weighted by atomic mass is 10.2. The van der Waals surface area contributed by atoms with Crippen molar-refractivity contribution < 1.29 is 13.2 Å². The van der Waals surface area contributed by atoms with Crippen molar-refractivity contribution in [2.75, 3.05) is 13.7 Å². The van der Waals surface area contributed by atoms with Crippen LogP contribution in [0.25, 0.3) is 0 Å². The van der Waals surface area contributed by atoms with Gasteiger partial charge in [-0.05, 0) is 40.5 Å². The van der Waals surface area contributed by atoms with Crippen LogP contribution in [-0.2, 0) is 16.6 Å². The maximum atomic E-state index is 11.9. The first-order chi connectivity index (χ1) is 7.46. The molecule has 0 amide bonds. The lowest BCUT2D eigenvalue weighted by Gasteiger charge is -2.07. The van der Waals surface area contributed by atoms with Gasteiger partial charge in [0.15, 0.2) is 0 Å². The Balaban J connectivity index is 2.57. The summed E-state index contributed by atoms with van der Waals surface area (Å²) in [7, 11) is -1.72. The number of nitrogens with zero attached hydrogens (tertiary/aromatic N) is 1. The van der Waals surface area contributed by atoms with E-state index in [-0.39, 0.29) is 0 Å². The molecule has 1 aromatic carbocycles. The van der Waals surface area contributed by atoms with E-state index in [9.17, 15) is 8.42 Å². The zero-order valence-corrected chi connectivity index (χ0v) is 11.4. The van der Waals surface area contributed by atoms with Gasteiger partial charge in [0.25, 0.3) is 0 Å². The van der Waals surface area contributed by atoms with Crippen molar-refractivity contribution in [1.82, 2.24) is 4.31 Å². The van der Waals surface area contributed by atoms with E-state index in [1.54, 1.807) is 19.2 Å². The third-order valence-corrected chi connectivity index (χ3v) is 5.00. The SMILES string of the molecule is CCOc1cc2c(cc1Br)S(=O)(=O)N(C)C2. The van der Waals surface area contributed by atoms with Gasteiger partial charge in [0, 0.05) is 13.6 Å². The Hall–Kier alpha value is -0.590. The molecule has 0 saturated carbocycles. The van der Waals surface area contributed by atoms with Crippen molar-refractivity contribution in [3.05, 3.63) is 22.2 Å². The van der Waals surface area contributed by atoms with Crippen LogP contribution in [0.1, 0.15) is 12.5 Å². The number of ether oxygens (including phenoxy) is 1. The number of fused-ring (bicyclic) bond motifs is 1. The highest BCUT2D eigenvalue weighted by Gasteiger charge is 2.32. The highest BCUT2D eigenvalue weighted by molar-refractivity contribution is 9.10. The van der Waals surface area contributed by atoms with Crippen molar-refractivity contribution in [3.63, 3.8) is 0 Å². The van der Waals surface area contributed by atoms with E-state index in [1.165, 1.54) is 4.31 Å². The third kappa shape index (κ3) is 1.74. The number of hydrogen-bond donors (Lipinski definition) is 0. The Kier molecular flexibility index (Phi) is 2.98. The lowest BCUT2D eigenvalue weighted by molar-refractivity contribution is 0.337. The van der Waals surface area contributed by atoms with E-state index in [4.69, 9.17) is 4.74 Å². The number of sulfonamides is 1. The van der Waals surface area contributed by atoms with Crippen LogP contribution in [-0.4, -0.2) is 26.4 Å². The quantitative estimate of drug-likeness (QED) is 0.839. The summed E-state index contributed by atoms with van der Waals surface area (Å²) < 4.78 is 31.2. The molecule has 0 fully saturated rings. The molecule has 4 nitrogen and oxygen atoms in total. The molecular weight excluding hydrogens is 294 g/mol. The second-order valence-corrected chi connectivity index (χ2v) is 6.45. The summed E-state index contributed by atoms with van der Waals surface area (Å²) in [5, 5.41) is 0. The minimum Gasteiger partial charge on any atom is -0.493 e. The van der Waals surface area contributed by atoms with Gasteiger partial charge in [0.05, 0.1) is 16.0 Å². The van der Waals surface area contributed by atoms with Crippen LogP contribution in [0.5, 0.6) is 5.75 Å². The minimum absolute atomic E-state index is 0.366. The Bertz CT molecular complexity index is 527. The van der Waals surface area contributed by atoms with Crippen LogP contribution in [0.4, 0.5) is 0 Å². The number of halogens is 1. The largest absolute Gasteiger partial charge is 0.493 e. The topological polar surface area (TPSA) is 46.6 Å². The zero-order valence-electron chi connectivity index (χ0n) is 9.03. The molecule has 6 heteroatoms. The Morgan fingerprint density at radius 2 is 2.19 bits per heavy atom. The maximum Gasteiger partial charge on any atom is 0.243 e. The summed E-state index contributed by atoms with van der Waals surface area (Å²) in [6.45, 7) is 2.85. The molecule has 88 valence electrons. The molecular formula is C10H12BrNO3S. The fraction of sp³-hybridized carbons (Fsp3) is 0.400. The van der Waals surface area contributed by atoms with Gasteiger partial charge in [0.1, 0.15) is 5.75 Å². The molecule has 2 rings (SSSR count). The molecule has 0 unspecified atom stereocenters. The molecule has 0 aliphatic carbocycles. The summed E-state index contributed by atoms with van der Waals surface area (Å²) in [6.07, 6.45) is 0. The van der Waals surface area contributed by atoms with Crippen LogP contribution in [0, 0.1) is 0 Å². The van der Waals surface area contributed by atoms with Crippen molar-refractivity contribution in [3.8, 4) is 5.75 Å². The monoisotopic (exact) mass is 305 g/mol. The van der Waals surface area contributed by atoms with Gasteiger partial charge in [0.2, 0.25) is 10.0 Å². The smallest absolute Gasteiger partial charge is 0.243 e. The normalized spacial score (nSPS) is 18.4. The first-order valence-corrected chi connectivity index (χ1v) is 7.11. The van der Waals surface area contributed by atoms with Crippen molar-refractivity contribution in [2.24, 2.45) is 0 Å². The molecule has 16 heavy (non-hydrogen) atoms. The van der Waals surface area contributed by atoms with Crippen molar-refractivity contribution in [1.29, 1.82) is 0 Å². The summed E-state index contributed by atoms with van der Waals surface area (Å²) in [5.74, 6) is 0.687. The lowest BCUT2D eigenvalue weighted by Crippen LogP contribution is -2.18. The molecule has 0 N–H and O–H groups in total. The molecule has 1 aliphatic rings. The van der Waals surface area contributed by atoms with Gasteiger partial charge >= 0.3 is 0 Å². The molecule has 0 atom stereocenters. The first-order valence-electron chi connectivity index (χ1n) is 4.88. The van der Waals surface area contributed by atoms with E-state index >= 15 is 0 Å². The average Bonchev–Trinajstić information content (AvgIpc) is 2.41. The number of rotatable bonds is 2. The summed E-state index contributed by atoms with van der Waals surface area (Å²) in [4.78, 5) is 0.366. The average molecular weight is 306 g/mol. The van der Waals surface area contributed by atoms with E-state index in [0.29, 0.717) is 28.3 Å². The Labute approximate surface area is 103 Å². The zero-order chi connectivity index (χ0) is 11.9. The van der Waals surface area contributed by atoms with Gasteiger partial charge in [-0.1, -0.05) is 0 Å². The standard InChI is InChI=1S/C10H12BrNO3S/c1-3-15-9-4-7-6-12(2)16(13,14)10(7)5-8(9)11/h4-5H,3,6H2,1-2H3. The van der Waals surface area contributed by atoms with Gasteiger partial charge in [-0.25, -0.2) is 8.42 Å². The number of benzene rings is 1. The van der Waals surface area contributed by atoms with Crippen LogP contribution in [0.15, 0.2) is 21.5 Å².